The molecule has 2 aromatic carbocycles. The van der Waals surface area contributed by atoms with E-state index in [1.807, 2.05) is 32.0 Å². The first kappa shape index (κ1) is 19.4. The quantitative estimate of drug-likeness (QED) is 0.753. The van der Waals surface area contributed by atoms with Gasteiger partial charge in [0.15, 0.2) is 0 Å². The van der Waals surface area contributed by atoms with Gasteiger partial charge < -0.3 is 15.4 Å². The molecule has 146 valence electrons. The summed E-state index contributed by atoms with van der Waals surface area (Å²) in [6.07, 6.45) is 0. The second-order valence-corrected chi connectivity index (χ2v) is 6.78. The van der Waals surface area contributed by atoms with E-state index in [9.17, 15) is 14.4 Å². The fraction of sp³-hybridized carbons (Fsp3) is 0.286. The zero-order valence-electron chi connectivity index (χ0n) is 16.1. The van der Waals surface area contributed by atoms with E-state index < -0.39 is 6.03 Å². The topological polar surface area (TPSA) is 87.7 Å². The standard InChI is InChI=1S/C21H23N3O4/c1-13-4-9-18(28-3)17(10-13)14(2)23-20(26)16-7-5-15(6-8-16)12-24-19(25)11-22-21(24)27/h4-10,14H,11-12H2,1-3H3,(H,22,27)(H,23,26). The van der Waals surface area contributed by atoms with Crippen molar-refractivity contribution in [3.8, 4) is 5.75 Å². The van der Waals surface area contributed by atoms with Crippen LogP contribution in [0.5, 0.6) is 5.75 Å². The number of hydrogen-bond acceptors (Lipinski definition) is 4. The molecule has 1 fully saturated rings. The van der Waals surface area contributed by atoms with Crippen LogP contribution in [0.4, 0.5) is 4.79 Å². The van der Waals surface area contributed by atoms with Gasteiger partial charge in [0, 0.05) is 11.1 Å². The van der Waals surface area contributed by atoms with E-state index in [1.54, 1.807) is 31.4 Å². The Bertz CT molecular complexity index is 892. The van der Waals surface area contributed by atoms with Gasteiger partial charge in [-0.2, -0.15) is 0 Å². The number of carbonyl (C=O) groups is 3. The van der Waals surface area contributed by atoms with Crippen LogP contribution in [0.1, 0.15) is 40.0 Å². The second-order valence-electron chi connectivity index (χ2n) is 6.78. The lowest BCUT2D eigenvalue weighted by Crippen LogP contribution is -2.30. The summed E-state index contributed by atoms with van der Waals surface area (Å²) in [6.45, 7) is 4.10. The molecule has 0 bridgehead atoms. The van der Waals surface area contributed by atoms with E-state index in [0.29, 0.717) is 5.56 Å². The summed E-state index contributed by atoms with van der Waals surface area (Å²) in [6, 6.07) is 12.1. The first-order valence-electron chi connectivity index (χ1n) is 9.01. The minimum Gasteiger partial charge on any atom is -0.496 e. The summed E-state index contributed by atoms with van der Waals surface area (Å²) in [7, 11) is 1.60. The molecule has 0 spiro atoms. The molecule has 4 amide bonds. The Labute approximate surface area is 163 Å². The van der Waals surface area contributed by atoms with Crippen molar-refractivity contribution >= 4 is 17.8 Å². The predicted octanol–water partition coefficient (Wildman–Crippen LogP) is 2.55. The zero-order valence-corrected chi connectivity index (χ0v) is 16.1. The zero-order chi connectivity index (χ0) is 20.3. The summed E-state index contributed by atoms with van der Waals surface area (Å²) in [5.74, 6) is 0.257. The summed E-state index contributed by atoms with van der Waals surface area (Å²) >= 11 is 0. The number of carbonyl (C=O) groups excluding carboxylic acids is 3. The molecule has 7 nitrogen and oxygen atoms in total. The molecule has 7 heteroatoms. The summed E-state index contributed by atoms with van der Waals surface area (Å²) in [5, 5.41) is 5.46. The molecule has 1 saturated heterocycles. The minimum atomic E-state index is -0.396. The number of nitrogens with zero attached hydrogens (tertiary/aromatic N) is 1. The Hall–Kier alpha value is -3.35. The molecule has 1 heterocycles. The Kier molecular flexibility index (Phi) is 5.63. The largest absolute Gasteiger partial charge is 0.496 e. The lowest BCUT2D eigenvalue weighted by Gasteiger charge is -2.18. The van der Waals surface area contributed by atoms with Crippen LogP contribution in [0, 0.1) is 6.92 Å². The van der Waals surface area contributed by atoms with Gasteiger partial charge in [-0.25, -0.2) is 4.79 Å². The first-order valence-corrected chi connectivity index (χ1v) is 9.01. The van der Waals surface area contributed by atoms with Crippen molar-refractivity contribution in [2.75, 3.05) is 13.7 Å². The molecule has 0 radical (unpaired) electrons. The van der Waals surface area contributed by atoms with Crippen molar-refractivity contribution in [2.24, 2.45) is 0 Å². The molecule has 1 aliphatic rings. The van der Waals surface area contributed by atoms with Crippen molar-refractivity contribution < 1.29 is 19.1 Å². The second kappa shape index (κ2) is 8.12. The third-order valence-electron chi connectivity index (χ3n) is 4.69. The van der Waals surface area contributed by atoms with E-state index in [0.717, 1.165) is 27.3 Å². The predicted molar refractivity (Wildman–Crippen MR) is 104 cm³/mol. The van der Waals surface area contributed by atoms with E-state index in [1.165, 1.54) is 0 Å². The number of benzene rings is 2. The fourth-order valence-corrected chi connectivity index (χ4v) is 3.11. The molecule has 1 atom stereocenters. The Morgan fingerprint density at radius 3 is 2.54 bits per heavy atom. The number of imide groups is 1. The van der Waals surface area contributed by atoms with Gasteiger partial charge in [0.1, 0.15) is 5.75 Å². The van der Waals surface area contributed by atoms with Crippen LogP contribution in [-0.2, 0) is 11.3 Å². The minimum absolute atomic E-state index is 0.0274. The van der Waals surface area contributed by atoms with Crippen molar-refractivity contribution in [3.63, 3.8) is 0 Å². The number of amides is 4. The Morgan fingerprint density at radius 1 is 1.21 bits per heavy atom. The van der Waals surface area contributed by atoms with Crippen LogP contribution < -0.4 is 15.4 Å². The number of hydrogen-bond donors (Lipinski definition) is 2. The van der Waals surface area contributed by atoms with Gasteiger partial charge in [-0.3, -0.25) is 14.5 Å². The highest BCUT2D eigenvalue weighted by Crippen LogP contribution is 2.26. The van der Waals surface area contributed by atoms with Gasteiger partial charge in [-0.15, -0.1) is 0 Å². The molecule has 1 aliphatic heterocycles. The molecule has 2 aromatic rings. The van der Waals surface area contributed by atoms with Crippen LogP contribution in [0.25, 0.3) is 0 Å². The third-order valence-corrected chi connectivity index (χ3v) is 4.69. The molecule has 2 N–H and O–H groups in total. The SMILES string of the molecule is COc1ccc(C)cc1C(C)NC(=O)c1ccc(CN2C(=O)CNC2=O)cc1. The number of aryl methyl sites for hydroxylation is 1. The van der Waals surface area contributed by atoms with Gasteiger partial charge >= 0.3 is 6.03 Å². The molecule has 0 aliphatic carbocycles. The normalized spacial score (nSPS) is 14.6. The van der Waals surface area contributed by atoms with E-state index in [2.05, 4.69) is 10.6 Å². The van der Waals surface area contributed by atoms with Gasteiger partial charge in [-0.1, -0.05) is 29.8 Å². The molecular formula is C21H23N3O4. The summed E-state index contributed by atoms with van der Waals surface area (Å²) in [5.41, 5.74) is 3.27. The van der Waals surface area contributed by atoms with Gasteiger partial charge in [0.25, 0.3) is 5.91 Å². The van der Waals surface area contributed by atoms with Crippen LogP contribution >= 0.6 is 0 Å². The average molecular weight is 381 g/mol. The highest BCUT2D eigenvalue weighted by molar-refractivity contribution is 6.01. The number of rotatable bonds is 6. The number of nitrogens with one attached hydrogen (secondary N) is 2. The molecule has 28 heavy (non-hydrogen) atoms. The first-order chi connectivity index (χ1) is 13.4. The van der Waals surface area contributed by atoms with Crippen LogP contribution in [-0.4, -0.2) is 36.4 Å². The highest BCUT2D eigenvalue weighted by atomic mass is 16.5. The fourth-order valence-electron chi connectivity index (χ4n) is 3.11. The van der Waals surface area contributed by atoms with Crippen molar-refractivity contribution in [3.05, 3.63) is 64.7 Å². The maximum atomic E-state index is 12.6. The smallest absolute Gasteiger partial charge is 0.324 e. The monoisotopic (exact) mass is 381 g/mol. The average Bonchev–Trinajstić information content (AvgIpc) is 3.00. The van der Waals surface area contributed by atoms with Crippen molar-refractivity contribution in [1.29, 1.82) is 0 Å². The lowest BCUT2D eigenvalue weighted by molar-refractivity contribution is -0.125. The maximum Gasteiger partial charge on any atom is 0.324 e. The molecule has 1 unspecified atom stereocenters. The van der Waals surface area contributed by atoms with Gasteiger partial charge in [0.05, 0.1) is 26.2 Å². The molecule has 0 aromatic heterocycles. The van der Waals surface area contributed by atoms with Gasteiger partial charge in [0.2, 0.25) is 5.91 Å². The maximum absolute atomic E-state index is 12.6. The number of ether oxygens (including phenoxy) is 1. The van der Waals surface area contributed by atoms with Crippen molar-refractivity contribution in [1.82, 2.24) is 15.5 Å². The van der Waals surface area contributed by atoms with Crippen LogP contribution in [0.3, 0.4) is 0 Å². The third kappa shape index (κ3) is 4.14. The Balaban J connectivity index is 1.67. The summed E-state index contributed by atoms with van der Waals surface area (Å²) in [4.78, 5) is 37.0. The van der Waals surface area contributed by atoms with Crippen LogP contribution in [0.15, 0.2) is 42.5 Å². The number of urea groups is 1. The van der Waals surface area contributed by atoms with Crippen molar-refractivity contribution in [2.45, 2.75) is 26.4 Å². The summed E-state index contributed by atoms with van der Waals surface area (Å²) < 4.78 is 5.39. The molecule has 3 rings (SSSR count). The van der Waals surface area contributed by atoms with E-state index >= 15 is 0 Å². The van der Waals surface area contributed by atoms with E-state index in [-0.39, 0.29) is 30.9 Å². The highest BCUT2D eigenvalue weighted by Gasteiger charge is 2.28. The van der Waals surface area contributed by atoms with Crippen LogP contribution in [0.2, 0.25) is 0 Å². The molecule has 0 saturated carbocycles. The number of methoxy groups -OCH3 is 1. The molecular weight excluding hydrogens is 358 g/mol. The lowest BCUT2D eigenvalue weighted by atomic mass is 10.0. The van der Waals surface area contributed by atoms with Gasteiger partial charge in [-0.05, 0) is 37.6 Å². The van der Waals surface area contributed by atoms with E-state index in [4.69, 9.17) is 4.74 Å². The Morgan fingerprint density at radius 2 is 1.93 bits per heavy atom.